The van der Waals surface area contributed by atoms with Crippen LogP contribution in [-0.4, -0.2) is 37.5 Å². The fourth-order valence-electron chi connectivity index (χ4n) is 1.56. The lowest BCUT2D eigenvalue weighted by Gasteiger charge is -2.16. The van der Waals surface area contributed by atoms with Crippen LogP contribution in [0.5, 0.6) is 0 Å². The van der Waals surface area contributed by atoms with Crippen molar-refractivity contribution in [2.75, 3.05) is 20.7 Å². The van der Waals surface area contributed by atoms with Crippen molar-refractivity contribution < 1.29 is 14.3 Å². The summed E-state index contributed by atoms with van der Waals surface area (Å²) in [6.07, 6.45) is 2.32. The molecule has 18 heavy (non-hydrogen) atoms. The Morgan fingerprint density at radius 3 is 2.78 bits per heavy atom. The third-order valence-corrected chi connectivity index (χ3v) is 3.63. The molecule has 0 atom stereocenters. The van der Waals surface area contributed by atoms with Crippen LogP contribution >= 0.6 is 11.3 Å². The van der Waals surface area contributed by atoms with Crippen molar-refractivity contribution >= 4 is 23.2 Å². The first-order valence-corrected chi connectivity index (χ1v) is 6.84. The highest BCUT2D eigenvalue weighted by molar-refractivity contribution is 7.09. The van der Waals surface area contributed by atoms with Gasteiger partial charge in [-0.2, -0.15) is 0 Å². The molecule has 0 bridgehead atoms. The van der Waals surface area contributed by atoms with E-state index >= 15 is 0 Å². The standard InChI is InChI=1S/C13H19NO3S/c1-14(9-3-6-13(16)17-2)12(15)8-7-11-5-4-10-18-11/h4-5,10H,3,6-9H2,1-2H3. The molecule has 1 heterocycles. The molecule has 0 unspecified atom stereocenters. The molecule has 0 aliphatic carbocycles. The second-order valence-electron chi connectivity index (χ2n) is 4.07. The molecule has 0 aromatic carbocycles. The van der Waals surface area contributed by atoms with E-state index in [1.165, 1.54) is 12.0 Å². The zero-order valence-corrected chi connectivity index (χ0v) is 11.7. The first-order valence-electron chi connectivity index (χ1n) is 5.96. The molecule has 0 radical (unpaired) electrons. The molecule has 100 valence electrons. The van der Waals surface area contributed by atoms with Crippen molar-refractivity contribution in [2.24, 2.45) is 0 Å². The Bertz CT molecular complexity index is 376. The molecule has 4 nitrogen and oxygen atoms in total. The van der Waals surface area contributed by atoms with Gasteiger partial charge in [-0.05, 0) is 24.3 Å². The minimum absolute atomic E-state index is 0.119. The molecule has 1 aromatic heterocycles. The predicted octanol–water partition coefficient (Wildman–Crippen LogP) is 2.09. The first-order chi connectivity index (χ1) is 8.63. The third kappa shape index (κ3) is 5.31. The van der Waals surface area contributed by atoms with E-state index in [-0.39, 0.29) is 11.9 Å². The van der Waals surface area contributed by atoms with Gasteiger partial charge < -0.3 is 9.64 Å². The number of carbonyl (C=O) groups is 2. The quantitative estimate of drug-likeness (QED) is 0.712. The van der Waals surface area contributed by atoms with Crippen LogP contribution in [0.4, 0.5) is 0 Å². The highest BCUT2D eigenvalue weighted by atomic mass is 32.1. The topological polar surface area (TPSA) is 46.6 Å². The first kappa shape index (κ1) is 14.7. The lowest BCUT2D eigenvalue weighted by molar-refractivity contribution is -0.141. The second-order valence-corrected chi connectivity index (χ2v) is 5.11. The summed E-state index contributed by atoms with van der Waals surface area (Å²) in [6.45, 7) is 0.596. The van der Waals surface area contributed by atoms with Gasteiger partial charge in [0.05, 0.1) is 7.11 Å². The van der Waals surface area contributed by atoms with E-state index in [1.807, 2.05) is 17.5 Å². The van der Waals surface area contributed by atoms with Crippen molar-refractivity contribution in [3.05, 3.63) is 22.4 Å². The van der Waals surface area contributed by atoms with Crippen molar-refractivity contribution in [1.29, 1.82) is 0 Å². The van der Waals surface area contributed by atoms with E-state index in [2.05, 4.69) is 4.74 Å². The monoisotopic (exact) mass is 269 g/mol. The fourth-order valence-corrected chi connectivity index (χ4v) is 2.27. The lowest BCUT2D eigenvalue weighted by atomic mass is 10.2. The number of methoxy groups -OCH3 is 1. The predicted molar refractivity (Wildman–Crippen MR) is 71.5 cm³/mol. The minimum Gasteiger partial charge on any atom is -0.469 e. The molecular weight excluding hydrogens is 250 g/mol. The van der Waals surface area contributed by atoms with Crippen LogP contribution in [0.1, 0.15) is 24.1 Å². The van der Waals surface area contributed by atoms with Gasteiger partial charge in [-0.1, -0.05) is 6.07 Å². The number of aryl methyl sites for hydroxylation is 1. The summed E-state index contributed by atoms with van der Waals surface area (Å²) in [5.74, 6) is -0.109. The number of carbonyl (C=O) groups excluding carboxylic acids is 2. The largest absolute Gasteiger partial charge is 0.469 e. The van der Waals surface area contributed by atoms with Gasteiger partial charge in [-0.15, -0.1) is 11.3 Å². The van der Waals surface area contributed by atoms with Crippen LogP contribution in [0, 0.1) is 0 Å². The Labute approximate surface area is 112 Å². The van der Waals surface area contributed by atoms with Crippen LogP contribution in [0.25, 0.3) is 0 Å². The molecule has 0 saturated heterocycles. The number of rotatable bonds is 7. The van der Waals surface area contributed by atoms with Crippen molar-refractivity contribution in [3.63, 3.8) is 0 Å². The molecule has 0 saturated carbocycles. The van der Waals surface area contributed by atoms with Gasteiger partial charge in [0.1, 0.15) is 0 Å². The lowest BCUT2D eigenvalue weighted by Crippen LogP contribution is -2.28. The summed E-state index contributed by atoms with van der Waals surface area (Å²) in [6, 6.07) is 4.03. The zero-order chi connectivity index (χ0) is 13.4. The van der Waals surface area contributed by atoms with Gasteiger partial charge in [-0.25, -0.2) is 0 Å². The fraction of sp³-hybridized carbons (Fsp3) is 0.538. The number of ether oxygens (including phenoxy) is 1. The van der Waals surface area contributed by atoms with Crippen LogP contribution in [0.3, 0.4) is 0 Å². The molecule has 5 heteroatoms. The van der Waals surface area contributed by atoms with Crippen LogP contribution < -0.4 is 0 Å². The Morgan fingerprint density at radius 2 is 2.17 bits per heavy atom. The summed E-state index contributed by atoms with van der Waals surface area (Å²) in [5, 5.41) is 2.01. The van der Waals surface area contributed by atoms with Crippen molar-refractivity contribution in [1.82, 2.24) is 4.90 Å². The molecule has 0 spiro atoms. The van der Waals surface area contributed by atoms with Gasteiger partial charge in [0.2, 0.25) is 5.91 Å². The Balaban J connectivity index is 2.18. The molecule has 0 aliphatic heterocycles. The molecule has 0 fully saturated rings. The number of esters is 1. The van der Waals surface area contributed by atoms with E-state index in [4.69, 9.17) is 0 Å². The SMILES string of the molecule is COC(=O)CCCN(C)C(=O)CCc1cccs1. The Hall–Kier alpha value is -1.36. The van der Waals surface area contributed by atoms with E-state index in [1.54, 1.807) is 23.3 Å². The molecular formula is C13H19NO3S. The molecule has 1 amide bonds. The maximum Gasteiger partial charge on any atom is 0.305 e. The number of hydrogen-bond acceptors (Lipinski definition) is 4. The molecule has 1 rings (SSSR count). The van der Waals surface area contributed by atoms with Gasteiger partial charge in [0.15, 0.2) is 0 Å². The smallest absolute Gasteiger partial charge is 0.305 e. The summed E-state index contributed by atoms with van der Waals surface area (Å²) in [4.78, 5) is 25.6. The molecule has 0 aliphatic rings. The summed E-state index contributed by atoms with van der Waals surface area (Å²) in [7, 11) is 3.15. The summed E-state index contributed by atoms with van der Waals surface area (Å²) in [5.41, 5.74) is 0. The summed E-state index contributed by atoms with van der Waals surface area (Å²) < 4.78 is 4.55. The van der Waals surface area contributed by atoms with E-state index in [0.717, 1.165) is 6.42 Å². The third-order valence-electron chi connectivity index (χ3n) is 2.69. The van der Waals surface area contributed by atoms with Crippen LogP contribution in [0.2, 0.25) is 0 Å². The van der Waals surface area contributed by atoms with Gasteiger partial charge in [-0.3, -0.25) is 9.59 Å². The average molecular weight is 269 g/mol. The number of thiophene rings is 1. The van der Waals surface area contributed by atoms with E-state index in [9.17, 15) is 9.59 Å². The molecule has 0 N–H and O–H groups in total. The minimum atomic E-state index is -0.227. The van der Waals surface area contributed by atoms with E-state index < -0.39 is 0 Å². The van der Waals surface area contributed by atoms with Crippen LogP contribution in [-0.2, 0) is 20.7 Å². The summed E-state index contributed by atoms with van der Waals surface area (Å²) >= 11 is 1.67. The number of amides is 1. The maximum atomic E-state index is 11.8. The number of hydrogen-bond donors (Lipinski definition) is 0. The van der Waals surface area contributed by atoms with Gasteiger partial charge >= 0.3 is 5.97 Å². The highest BCUT2D eigenvalue weighted by Gasteiger charge is 2.09. The van der Waals surface area contributed by atoms with Crippen LogP contribution in [0.15, 0.2) is 17.5 Å². The van der Waals surface area contributed by atoms with Gasteiger partial charge in [0.25, 0.3) is 0 Å². The Kier molecular flexibility index (Phi) is 6.43. The van der Waals surface area contributed by atoms with Crippen molar-refractivity contribution in [3.8, 4) is 0 Å². The van der Waals surface area contributed by atoms with Crippen molar-refractivity contribution in [2.45, 2.75) is 25.7 Å². The zero-order valence-electron chi connectivity index (χ0n) is 10.8. The number of nitrogens with zero attached hydrogens (tertiary/aromatic N) is 1. The van der Waals surface area contributed by atoms with Gasteiger partial charge in [0, 0.05) is 31.3 Å². The normalized spacial score (nSPS) is 10.1. The molecule has 1 aromatic rings. The maximum absolute atomic E-state index is 11.8. The highest BCUT2D eigenvalue weighted by Crippen LogP contribution is 2.11. The second kappa shape index (κ2) is 7.87. The average Bonchev–Trinajstić information content (AvgIpc) is 2.88. The van der Waals surface area contributed by atoms with E-state index in [0.29, 0.717) is 25.8 Å². The Morgan fingerprint density at radius 1 is 1.39 bits per heavy atom.